The quantitative estimate of drug-likeness (QED) is 0.561. The number of aromatic nitrogens is 2. The van der Waals surface area contributed by atoms with E-state index in [1.54, 1.807) is 6.07 Å². The van der Waals surface area contributed by atoms with Gasteiger partial charge < -0.3 is 0 Å². The molecule has 16 heavy (non-hydrogen) atoms. The third-order valence-electron chi connectivity index (χ3n) is 2.82. The van der Waals surface area contributed by atoms with Crippen molar-refractivity contribution in [2.24, 2.45) is 0 Å². The largest absolute Gasteiger partial charge is 0.295 e. The van der Waals surface area contributed by atoms with Gasteiger partial charge in [-0.15, -0.1) is 0 Å². The average Bonchev–Trinajstić information content (AvgIpc) is 2.56. The van der Waals surface area contributed by atoms with Crippen LogP contribution in [0.1, 0.15) is 11.4 Å². The van der Waals surface area contributed by atoms with Crippen molar-refractivity contribution < 1.29 is 4.39 Å². The first-order valence-electron chi connectivity index (χ1n) is 5.21. The van der Waals surface area contributed by atoms with E-state index in [1.165, 1.54) is 6.07 Å². The molecule has 0 aliphatic carbocycles. The highest BCUT2D eigenvalue weighted by atomic mass is 19.1. The third-order valence-corrected chi connectivity index (χ3v) is 2.82. The normalized spacial score (nSPS) is 11.4. The maximum atomic E-state index is 13.8. The topological polar surface area (TPSA) is 17.3 Å². The number of aryl methyl sites for hydroxylation is 2. The summed E-state index contributed by atoms with van der Waals surface area (Å²) in [7, 11) is 0. The molecule has 0 amide bonds. The van der Waals surface area contributed by atoms with Crippen molar-refractivity contribution in [2.75, 3.05) is 0 Å². The molecule has 2 aromatic heterocycles. The Bertz CT molecular complexity index is 698. The molecule has 0 saturated carbocycles. The van der Waals surface area contributed by atoms with Crippen LogP contribution in [0, 0.1) is 19.7 Å². The lowest BCUT2D eigenvalue weighted by Crippen LogP contribution is -1.96. The Kier molecular flexibility index (Phi) is 1.78. The van der Waals surface area contributed by atoms with Gasteiger partial charge in [-0.3, -0.25) is 4.40 Å². The molecule has 0 radical (unpaired) electrons. The molecule has 3 aromatic rings. The first-order chi connectivity index (χ1) is 7.66. The second-order valence-electron chi connectivity index (χ2n) is 4.05. The minimum Gasteiger partial charge on any atom is -0.295 e. The number of halogens is 1. The Hall–Kier alpha value is -1.90. The van der Waals surface area contributed by atoms with E-state index in [9.17, 15) is 4.39 Å². The maximum Gasteiger partial charge on any atom is 0.147 e. The Labute approximate surface area is 92.3 Å². The van der Waals surface area contributed by atoms with Gasteiger partial charge in [0, 0.05) is 16.8 Å². The summed E-state index contributed by atoms with van der Waals surface area (Å²) in [5, 5.41) is 0.890. The summed E-state index contributed by atoms with van der Waals surface area (Å²) in [6, 6.07) is 8.98. The van der Waals surface area contributed by atoms with Crippen LogP contribution in [0.2, 0.25) is 0 Å². The first-order valence-corrected chi connectivity index (χ1v) is 5.21. The molecule has 0 unspecified atom stereocenters. The van der Waals surface area contributed by atoms with Gasteiger partial charge in [-0.2, -0.15) is 0 Å². The molecule has 80 valence electrons. The number of nitrogens with zero attached hydrogens (tertiary/aromatic N) is 2. The predicted octanol–water partition coefficient (Wildman–Crippen LogP) is 3.24. The first kappa shape index (κ1) is 9.33. The molecule has 0 aliphatic heterocycles. The summed E-state index contributed by atoms with van der Waals surface area (Å²) in [6.45, 7) is 3.91. The summed E-state index contributed by atoms with van der Waals surface area (Å²) in [5.41, 5.74) is 3.37. The molecular formula is C13H11FN2. The number of benzene rings is 1. The zero-order chi connectivity index (χ0) is 11.3. The smallest absolute Gasteiger partial charge is 0.147 e. The summed E-state index contributed by atoms with van der Waals surface area (Å²) in [6.07, 6.45) is 0. The van der Waals surface area contributed by atoms with Crippen LogP contribution in [0.5, 0.6) is 0 Å². The highest BCUT2D eigenvalue weighted by Crippen LogP contribution is 2.23. The molecule has 2 heterocycles. The molecular weight excluding hydrogens is 203 g/mol. The van der Waals surface area contributed by atoms with Crippen LogP contribution >= 0.6 is 0 Å². The van der Waals surface area contributed by atoms with Crippen LogP contribution in [0.15, 0.2) is 30.3 Å². The summed E-state index contributed by atoms with van der Waals surface area (Å²) >= 11 is 0. The molecule has 0 atom stereocenters. The van der Waals surface area contributed by atoms with Crippen LogP contribution < -0.4 is 0 Å². The van der Waals surface area contributed by atoms with E-state index in [1.807, 2.05) is 36.4 Å². The van der Waals surface area contributed by atoms with Crippen LogP contribution in [-0.4, -0.2) is 9.38 Å². The Morgan fingerprint density at radius 3 is 2.81 bits per heavy atom. The zero-order valence-corrected chi connectivity index (χ0v) is 9.16. The average molecular weight is 214 g/mol. The SMILES string of the molecule is Cc1cc(C)n2c(cc3cccc(F)c32)n1. The molecule has 3 heteroatoms. The second kappa shape index (κ2) is 3.04. The molecule has 1 aromatic carbocycles. The lowest BCUT2D eigenvalue weighted by atomic mass is 10.2. The molecule has 0 fully saturated rings. The van der Waals surface area contributed by atoms with Gasteiger partial charge in [0.1, 0.15) is 11.5 Å². The zero-order valence-electron chi connectivity index (χ0n) is 9.16. The maximum absolute atomic E-state index is 13.8. The van der Waals surface area contributed by atoms with E-state index in [0.29, 0.717) is 5.52 Å². The monoisotopic (exact) mass is 214 g/mol. The van der Waals surface area contributed by atoms with Crippen molar-refractivity contribution in [3.63, 3.8) is 0 Å². The van der Waals surface area contributed by atoms with E-state index < -0.39 is 0 Å². The number of hydrogen-bond donors (Lipinski definition) is 0. The third kappa shape index (κ3) is 1.14. The van der Waals surface area contributed by atoms with Crippen molar-refractivity contribution in [2.45, 2.75) is 13.8 Å². The van der Waals surface area contributed by atoms with E-state index >= 15 is 0 Å². The minimum absolute atomic E-state index is 0.203. The van der Waals surface area contributed by atoms with Gasteiger partial charge in [0.15, 0.2) is 0 Å². The van der Waals surface area contributed by atoms with Gasteiger partial charge in [0.2, 0.25) is 0 Å². The van der Waals surface area contributed by atoms with Crippen molar-refractivity contribution in [1.82, 2.24) is 9.38 Å². The lowest BCUT2D eigenvalue weighted by molar-refractivity contribution is 0.635. The van der Waals surface area contributed by atoms with E-state index in [2.05, 4.69) is 4.98 Å². The fourth-order valence-electron chi connectivity index (χ4n) is 2.22. The van der Waals surface area contributed by atoms with E-state index in [0.717, 1.165) is 22.4 Å². The number of fused-ring (bicyclic) bond motifs is 3. The second-order valence-corrected chi connectivity index (χ2v) is 4.05. The van der Waals surface area contributed by atoms with Crippen LogP contribution in [0.4, 0.5) is 4.39 Å². The van der Waals surface area contributed by atoms with E-state index in [-0.39, 0.29) is 5.82 Å². The van der Waals surface area contributed by atoms with Crippen LogP contribution in [0.3, 0.4) is 0 Å². The number of hydrogen-bond acceptors (Lipinski definition) is 1. The van der Waals surface area contributed by atoms with Gasteiger partial charge in [0.25, 0.3) is 0 Å². The van der Waals surface area contributed by atoms with Crippen molar-refractivity contribution >= 4 is 16.6 Å². The van der Waals surface area contributed by atoms with Gasteiger partial charge in [0.05, 0.1) is 5.52 Å². The van der Waals surface area contributed by atoms with Gasteiger partial charge in [-0.25, -0.2) is 9.37 Å². The van der Waals surface area contributed by atoms with Crippen LogP contribution in [-0.2, 0) is 0 Å². The molecule has 0 N–H and O–H groups in total. The Balaban J connectivity index is 2.63. The standard InChI is InChI=1S/C13H11FN2/c1-8-6-9(2)16-12(15-8)7-10-4-3-5-11(14)13(10)16/h3-7H,1-2H3. The molecule has 0 spiro atoms. The number of rotatable bonds is 0. The Morgan fingerprint density at radius 1 is 1.19 bits per heavy atom. The molecule has 3 rings (SSSR count). The number of para-hydroxylation sites is 1. The molecule has 0 saturated heterocycles. The van der Waals surface area contributed by atoms with Gasteiger partial charge in [-0.1, -0.05) is 12.1 Å². The van der Waals surface area contributed by atoms with Gasteiger partial charge in [-0.05, 0) is 32.0 Å². The minimum atomic E-state index is -0.203. The lowest BCUT2D eigenvalue weighted by Gasteiger charge is -2.03. The van der Waals surface area contributed by atoms with Gasteiger partial charge >= 0.3 is 0 Å². The predicted molar refractivity (Wildman–Crippen MR) is 62.1 cm³/mol. The fourth-order valence-corrected chi connectivity index (χ4v) is 2.22. The molecule has 2 nitrogen and oxygen atoms in total. The van der Waals surface area contributed by atoms with Crippen molar-refractivity contribution in [3.8, 4) is 0 Å². The van der Waals surface area contributed by atoms with Crippen molar-refractivity contribution in [3.05, 3.63) is 47.5 Å². The Morgan fingerprint density at radius 2 is 2.00 bits per heavy atom. The highest BCUT2D eigenvalue weighted by molar-refractivity contribution is 5.86. The van der Waals surface area contributed by atoms with Crippen molar-refractivity contribution in [1.29, 1.82) is 0 Å². The molecule has 0 aliphatic rings. The van der Waals surface area contributed by atoms with E-state index in [4.69, 9.17) is 0 Å². The summed E-state index contributed by atoms with van der Waals surface area (Å²) < 4.78 is 15.6. The highest BCUT2D eigenvalue weighted by Gasteiger charge is 2.09. The molecule has 0 bridgehead atoms. The van der Waals surface area contributed by atoms with Crippen LogP contribution in [0.25, 0.3) is 16.6 Å². The summed E-state index contributed by atoms with van der Waals surface area (Å²) in [4.78, 5) is 4.41. The fraction of sp³-hybridized carbons (Fsp3) is 0.154. The summed E-state index contributed by atoms with van der Waals surface area (Å²) in [5.74, 6) is -0.203.